The van der Waals surface area contributed by atoms with E-state index < -0.39 is 10.0 Å². The van der Waals surface area contributed by atoms with Crippen molar-refractivity contribution in [1.29, 1.82) is 0 Å². The predicted molar refractivity (Wildman–Crippen MR) is 112 cm³/mol. The van der Waals surface area contributed by atoms with Crippen molar-refractivity contribution in [3.05, 3.63) is 30.3 Å². The maximum Gasteiger partial charge on any atom is 0.243 e. The summed E-state index contributed by atoms with van der Waals surface area (Å²) in [6.45, 7) is 2.13. The van der Waals surface area contributed by atoms with Gasteiger partial charge < -0.3 is 15.5 Å². The second kappa shape index (κ2) is 11.3. The van der Waals surface area contributed by atoms with Crippen molar-refractivity contribution in [2.75, 3.05) is 46.8 Å². The molecule has 1 unspecified atom stereocenters. The molecule has 0 bridgehead atoms. The van der Waals surface area contributed by atoms with Crippen LogP contribution in [0.2, 0.25) is 0 Å². The molecule has 1 atom stereocenters. The molecule has 0 aromatic heterocycles. The van der Waals surface area contributed by atoms with Gasteiger partial charge in [0.1, 0.15) is 0 Å². The number of amides is 2. The zero-order valence-electron chi connectivity index (χ0n) is 17.3. The Hall–Kier alpha value is -1.97. The molecular formula is C20H32N4O4S. The maximum absolute atomic E-state index is 13.0. The topological polar surface area (TPSA) is 98.8 Å². The van der Waals surface area contributed by atoms with Crippen molar-refractivity contribution in [2.24, 2.45) is 5.92 Å². The first-order chi connectivity index (χ1) is 13.8. The molecule has 0 aliphatic carbocycles. The highest BCUT2D eigenvalue weighted by Gasteiger charge is 2.26. The number of hydrogen-bond donors (Lipinski definition) is 2. The van der Waals surface area contributed by atoms with Gasteiger partial charge in [-0.3, -0.25) is 9.59 Å². The fourth-order valence-corrected chi connectivity index (χ4v) is 4.76. The Labute approximate surface area is 173 Å². The van der Waals surface area contributed by atoms with Crippen LogP contribution in [0.3, 0.4) is 0 Å². The van der Waals surface area contributed by atoms with Gasteiger partial charge in [-0.2, -0.15) is 4.31 Å². The Morgan fingerprint density at radius 3 is 2.62 bits per heavy atom. The Balaban J connectivity index is 2.06. The lowest BCUT2D eigenvalue weighted by Gasteiger charge is -2.22. The van der Waals surface area contributed by atoms with Gasteiger partial charge in [0.25, 0.3) is 0 Å². The smallest absolute Gasteiger partial charge is 0.243 e. The monoisotopic (exact) mass is 424 g/mol. The molecular weight excluding hydrogens is 392 g/mol. The highest BCUT2D eigenvalue weighted by Crippen LogP contribution is 2.19. The lowest BCUT2D eigenvalue weighted by atomic mass is 9.98. The molecule has 2 amide bonds. The van der Waals surface area contributed by atoms with Crippen LogP contribution in [0.5, 0.6) is 0 Å². The van der Waals surface area contributed by atoms with Gasteiger partial charge in [0.05, 0.1) is 4.90 Å². The highest BCUT2D eigenvalue weighted by molar-refractivity contribution is 7.89. The van der Waals surface area contributed by atoms with E-state index in [9.17, 15) is 18.0 Å². The second-order valence-electron chi connectivity index (χ2n) is 7.54. The number of carbonyl (C=O) groups is 2. The molecule has 0 saturated carbocycles. The molecule has 0 spiro atoms. The van der Waals surface area contributed by atoms with E-state index in [4.69, 9.17) is 0 Å². The van der Waals surface area contributed by atoms with Crippen LogP contribution in [0.15, 0.2) is 35.2 Å². The zero-order valence-corrected chi connectivity index (χ0v) is 18.1. The fourth-order valence-electron chi connectivity index (χ4n) is 3.26. The van der Waals surface area contributed by atoms with E-state index >= 15 is 0 Å². The van der Waals surface area contributed by atoms with Crippen LogP contribution in [0.1, 0.15) is 25.7 Å². The molecule has 1 aliphatic rings. The van der Waals surface area contributed by atoms with Gasteiger partial charge >= 0.3 is 0 Å². The Kier molecular flexibility index (Phi) is 9.06. The molecule has 1 aromatic carbocycles. The van der Waals surface area contributed by atoms with Gasteiger partial charge in [-0.25, -0.2) is 8.42 Å². The van der Waals surface area contributed by atoms with Crippen LogP contribution >= 0.6 is 0 Å². The van der Waals surface area contributed by atoms with Crippen molar-refractivity contribution < 1.29 is 18.0 Å². The summed E-state index contributed by atoms with van der Waals surface area (Å²) in [5.41, 5.74) is 0. The van der Waals surface area contributed by atoms with E-state index in [0.29, 0.717) is 32.4 Å². The van der Waals surface area contributed by atoms with Crippen LogP contribution in [-0.2, 0) is 19.6 Å². The summed E-state index contributed by atoms with van der Waals surface area (Å²) in [7, 11) is 0.203. The van der Waals surface area contributed by atoms with Gasteiger partial charge in [0.2, 0.25) is 21.8 Å². The second-order valence-corrected chi connectivity index (χ2v) is 9.48. The summed E-state index contributed by atoms with van der Waals surface area (Å²) in [4.78, 5) is 26.8. The predicted octanol–water partition coefficient (Wildman–Crippen LogP) is 0.662. The number of likely N-dealkylation sites (N-methyl/N-ethyl adjacent to an activating group) is 1. The number of hydrogen-bond acceptors (Lipinski definition) is 5. The molecule has 1 aromatic rings. The van der Waals surface area contributed by atoms with Gasteiger partial charge in [-0.15, -0.1) is 0 Å². The average Bonchev–Trinajstić information content (AvgIpc) is 2.73. The van der Waals surface area contributed by atoms with Crippen molar-refractivity contribution in [1.82, 2.24) is 19.8 Å². The molecule has 2 rings (SSSR count). The molecule has 1 aliphatic heterocycles. The Bertz CT molecular complexity index is 768. The minimum absolute atomic E-state index is 0.0437. The van der Waals surface area contributed by atoms with E-state index in [1.54, 1.807) is 30.3 Å². The highest BCUT2D eigenvalue weighted by atomic mass is 32.2. The number of sulfonamides is 1. The van der Waals surface area contributed by atoms with Crippen LogP contribution in [0.4, 0.5) is 0 Å². The zero-order chi connectivity index (χ0) is 21.3. The van der Waals surface area contributed by atoms with Gasteiger partial charge in [0, 0.05) is 45.1 Å². The van der Waals surface area contributed by atoms with Crippen LogP contribution in [0, 0.1) is 5.92 Å². The molecule has 1 saturated heterocycles. The number of nitrogens with one attached hydrogen (secondary N) is 2. The normalized spacial score (nSPS) is 20.0. The van der Waals surface area contributed by atoms with Crippen LogP contribution in [-0.4, -0.2) is 76.3 Å². The quantitative estimate of drug-likeness (QED) is 0.699. The number of nitrogens with zero attached hydrogens (tertiary/aromatic N) is 2. The molecule has 162 valence electrons. The summed E-state index contributed by atoms with van der Waals surface area (Å²) < 4.78 is 27.3. The maximum atomic E-state index is 13.0. The van der Waals surface area contributed by atoms with Crippen molar-refractivity contribution in [2.45, 2.75) is 30.6 Å². The lowest BCUT2D eigenvalue weighted by molar-refractivity contribution is -0.126. The van der Waals surface area contributed by atoms with Crippen molar-refractivity contribution in [3.63, 3.8) is 0 Å². The molecule has 1 heterocycles. The third kappa shape index (κ3) is 7.41. The first-order valence-electron chi connectivity index (χ1n) is 10.0. The van der Waals surface area contributed by atoms with Gasteiger partial charge in [0.15, 0.2) is 0 Å². The summed E-state index contributed by atoms with van der Waals surface area (Å²) in [6, 6.07) is 8.24. The molecule has 9 heteroatoms. The molecule has 29 heavy (non-hydrogen) atoms. The van der Waals surface area contributed by atoms with Gasteiger partial charge in [-0.1, -0.05) is 18.2 Å². The molecule has 2 N–H and O–H groups in total. The molecule has 8 nitrogen and oxygen atoms in total. The third-order valence-corrected chi connectivity index (χ3v) is 6.89. The van der Waals surface area contributed by atoms with E-state index in [0.717, 1.165) is 6.54 Å². The average molecular weight is 425 g/mol. The summed E-state index contributed by atoms with van der Waals surface area (Å²) in [5, 5.41) is 5.74. The van der Waals surface area contributed by atoms with Crippen molar-refractivity contribution in [3.8, 4) is 0 Å². The first kappa shape index (κ1) is 23.3. The van der Waals surface area contributed by atoms with Crippen molar-refractivity contribution >= 4 is 21.8 Å². The van der Waals surface area contributed by atoms with E-state index in [1.165, 1.54) is 4.31 Å². The fraction of sp³-hybridized carbons (Fsp3) is 0.600. The standard InChI is InChI=1S/C20H32N4O4S/c1-23(2)16-13-22-20(26)17-7-6-14-24(15-11-19(25)21-12-10-17)29(27,28)18-8-4-3-5-9-18/h3-5,8-9,17H,6-7,10-16H2,1-2H3,(H,21,25)(H,22,26). The summed E-state index contributed by atoms with van der Waals surface area (Å²) in [5.74, 6) is -0.499. The summed E-state index contributed by atoms with van der Waals surface area (Å²) in [6.07, 6.45) is 1.78. The molecule has 0 radical (unpaired) electrons. The SMILES string of the molecule is CN(C)CCNC(=O)C1CCCN(S(=O)(=O)c2ccccc2)CCC(=O)NCC1. The van der Waals surface area contributed by atoms with Gasteiger partial charge in [-0.05, 0) is 45.5 Å². The largest absolute Gasteiger partial charge is 0.356 e. The minimum Gasteiger partial charge on any atom is -0.356 e. The van der Waals surface area contributed by atoms with Crippen LogP contribution in [0.25, 0.3) is 0 Å². The number of benzene rings is 1. The summed E-state index contributed by atoms with van der Waals surface area (Å²) >= 11 is 0. The first-order valence-corrected chi connectivity index (χ1v) is 11.5. The van der Waals surface area contributed by atoms with E-state index in [-0.39, 0.29) is 42.1 Å². The van der Waals surface area contributed by atoms with E-state index in [2.05, 4.69) is 10.6 Å². The number of rotatable bonds is 6. The lowest BCUT2D eigenvalue weighted by Crippen LogP contribution is -2.37. The third-order valence-electron chi connectivity index (χ3n) is 4.97. The Morgan fingerprint density at radius 2 is 1.93 bits per heavy atom. The number of carbonyl (C=O) groups excluding carboxylic acids is 2. The van der Waals surface area contributed by atoms with E-state index in [1.807, 2.05) is 19.0 Å². The van der Waals surface area contributed by atoms with Crippen LogP contribution < -0.4 is 10.6 Å². The Morgan fingerprint density at radius 1 is 1.21 bits per heavy atom. The minimum atomic E-state index is -3.68. The molecule has 1 fully saturated rings.